The minimum Gasteiger partial charge on any atom is -0.496 e. The monoisotopic (exact) mass is 633 g/mol. The lowest BCUT2D eigenvalue weighted by molar-refractivity contribution is -0.158. The van der Waals surface area contributed by atoms with Crippen LogP contribution in [0.1, 0.15) is 70.2 Å². The number of nitrogens with zero attached hydrogens (tertiary/aromatic N) is 2. The maximum Gasteiger partial charge on any atom is 0.416 e. The number of para-hydroxylation sites is 1. The molecule has 2 aliphatic heterocycles. The molecule has 11 heteroatoms. The van der Waals surface area contributed by atoms with E-state index >= 15 is 0 Å². The smallest absolute Gasteiger partial charge is 0.416 e. The van der Waals surface area contributed by atoms with E-state index < -0.39 is 58.7 Å². The fourth-order valence-corrected chi connectivity index (χ4v) is 7.17. The molecule has 2 fully saturated rings. The highest BCUT2D eigenvalue weighted by atomic mass is 19.4. The highest BCUT2D eigenvalue weighted by Crippen LogP contribution is 2.51. The standard InChI is InChI=1S/C34H46F3N3O5/c1-32(2,3)26-27(38-19-21-17-22(34(35,36)37)13-14-25(21)44-8)28(23-11-9-10-12-24(23)39(6)7)40(29(26)31(42)43)30(41)20-15-16-45-33(4,5)18-20/h9-14,17,20,26-29,38H,15-16,18-19H2,1-8H3,(H,42,43)/t20?,26-,27-,28-,29-/m1/s1. The summed E-state index contributed by atoms with van der Waals surface area (Å²) in [5, 5.41) is 14.3. The summed E-state index contributed by atoms with van der Waals surface area (Å²) in [5.74, 6) is -2.16. The number of carboxylic acid groups (broad SMARTS) is 1. The Morgan fingerprint density at radius 1 is 1.13 bits per heavy atom. The molecule has 2 aromatic carbocycles. The number of carbonyl (C=O) groups excluding carboxylic acids is 1. The molecule has 0 aromatic heterocycles. The molecule has 0 bridgehead atoms. The van der Waals surface area contributed by atoms with Gasteiger partial charge in [0.05, 0.1) is 24.3 Å². The van der Waals surface area contributed by atoms with Crippen molar-refractivity contribution >= 4 is 17.6 Å². The molecule has 1 unspecified atom stereocenters. The summed E-state index contributed by atoms with van der Waals surface area (Å²) in [6.45, 7) is 10.0. The largest absolute Gasteiger partial charge is 0.496 e. The van der Waals surface area contributed by atoms with Crippen molar-refractivity contribution in [3.63, 3.8) is 0 Å². The van der Waals surface area contributed by atoms with Crippen molar-refractivity contribution in [2.24, 2.45) is 17.3 Å². The van der Waals surface area contributed by atoms with E-state index in [1.54, 1.807) is 4.90 Å². The molecule has 0 radical (unpaired) electrons. The van der Waals surface area contributed by atoms with Gasteiger partial charge in [0.2, 0.25) is 5.91 Å². The number of aliphatic carboxylic acids is 1. The molecule has 0 aliphatic carbocycles. The average molecular weight is 634 g/mol. The Bertz CT molecular complexity index is 1390. The summed E-state index contributed by atoms with van der Waals surface area (Å²) in [7, 11) is 5.16. The second-order valence-corrected chi connectivity index (χ2v) is 14.0. The molecule has 248 valence electrons. The number of ether oxygens (including phenoxy) is 2. The van der Waals surface area contributed by atoms with Gasteiger partial charge in [0.1, 0.15) is 11.8 Å². The minimum atomic E-state index is -4.55. The van der Waals surface area contributed by atoms with Crippen LogP contribution in [0.2, 0.25) is 0 Å². The average Bonchev–Trinajstić information content (AvgIpc) is 3.30. The quantitative estimate of drug-likeness (QED) is 0.361. The van der Waals surface area contributed by atoms with Gasteiger partial charge in [-0.15, -0.1) is 0 Å². The lowest BCUT2D eigenvalue weighted by Gasteiger charge is -2.40. The third-order valence-electron chi connectivity index (χ3n) is 9.09. The Labute approximate surface area is 263 Å². The minimum absolute atomic E-state index is 0.0381. The Morgan fingerprint density at radius 2 is 1.80 bits per heavy atom. The van der Waals surface area contributed by atoms with E-state index in [1.807, 2.05) is 77.9 Å². The van der Waals surface area contributed by atoms with Gasteiger partial charge in [-0.1, -0.05) is 39.0 Å². The Balaban J connectivity index is 1.90. The van der Waals surface area contributed by atoms with Crippen LogP contribution in [0.5, 0.6) is 5.75 Å². The molecule has 2 aromatic rings. The first-order chi connectivity index (χ1) is 20.9. The van der Waals surface area contributed by atoms with Crippen molar-refractivity contribution in [3.8, 4) is 5.75 Å². The molecule has 0 saturated carbocycles. The zero-order valence-electron chi connectivity index (χ0n) is 27.4. The van der Waals surface area contributed by atoms with E-state index in [-0.39, 0.29) is 23.8 Å². The van der Waals surface area contributed by atoms with Crippen molar-refractivity contribution in [1.29, 1.82) is 0 Å². The van der Waals surface area contributed by atoms with Crippen LogP contribution in [-0.2, 0) is 27.0 Å². The first-order valence-corrected chi connectivity index (χ1v) is 15.3. The topological polar surface area (TPSA) is 91.3 Å². The number of halogens is 3. The fourth-order valence-electron chi connectivity index (χ4n) is 7.17. The summed E-state index contributed by atoms with van der Waals surface area (Å²) in [6.07, 6.45) is -3.64. The van der Waals surface area contributed by atoms with Gasteiger partial charge in [0.15, 0.2) is 0 Å². The van der Waals surface area contributed by atoms with Crippen LogP contribution in [0.15, 0.2) is 42.5 Å². The second-order valence-electron chi connectivity index (χ2n) is 14.0. The van der Waals surface area contributed by atoms with Gasteiger partial charge >= 0.3 is 12.1 Å². The van der Waals surface area contributed by atoms with Crippen LogP contribution in [0.3, 0.4) is 0 Å². The maximum absolute atomic E-state index is 14.6. The van der Waals surface area contributed by atoms with Gasteiger partial charge in [-0.2, -0.15) is 13.2 Å². The van der Waals surface area contributed by atoms with Gasteiger partial charge in [-0.05, 0) is 61.9 Å². The lowest BCUT2D eigenvalue weighted by atomic mass is 9.72. The van der Waals surface area contributed by atoms with Gasteiger partial charge in [0.25, 0.3) is 0 Å². The van der Waals surface area contributed by atoms with E-state index in [4.69, 9.17) is 9.47 Å². The molecule has 2 saturated heterocycles. The molecule has 5 atom stereocenters. The Hall–Kier alpha value is -3.31. The summed E-state index contributed by atoms with van der Waals surface area (Å²) < 4.78 is 52.4. The summed E-state index contributed by atoms with van der Waals surface area (Å²) in [6, 6.07) is 8.32. The second kappa shape index (κ2) is 12.8. The van der Waals surface area contributed by atoms with E-state index in [1.165, 1.54) is 13.2 Å². The molecule has 2 aliphatic rings. The maximum atomic E-state index is 14.6. The zero-order valence-corrected chi connectivity index (χ0v) is 27.4. The SMILES string of the molecule is COc1ccc(C(F)(F)F)cc1CN[C@@H]1[C@@H](C(C)(C)C)[C@H](C(=O)O)N(C(=O)C2CCOC(C)(C)C2)[C@@H]1c1ccccc1N(C)C. The van der Waals surface area contributed by atoms with Crippen LogP contribution in [0.4, 0.5) is 18.9 Å². The summed E-state index contributed by atoms with van der Waals surface area (Å²) in [4.78, 5) is 31.4. The highest BCUT2D eigenvalue weighted by Gasteiger charge is 2.59. The van der Waals surface area contributed by atoms with Crippen molar-refractivity contribution in [3.05, 3.63) is 59.2 Å². The lowest BCUT2D eigenvalue weighted by Crippen LogP contribution is -2.51. The highest BCUT2D eigenvalue weighted by molar-refractivity contribution is 5.87. The number of carbonyl (C=O) groups is 2. The van der Waals surface area contributed by atoms with Gasteiger partial charge in [-0.3, -0.25) is 4.79 Å². The zero-order chi connectivity index (χ0) is 33.5. The third kappa shape index (κ3) is 7.25. The number of rotatable bonds is 8. The number of likely N-dealkylation sites (tertiary alicyclic amines) is 1. The number of amides is 1. The number of alkyl halides is 3. The van der Waals surface area contributed by atoms with Crippen LogP contribution in [-0.4, -0.2) is 67.4 Å². The van der Waals surface area contributed by atoms with Crippen LogP contribution >= 0.6 is 0 Å². The molecule has 0 spiro atoms. The van der Waals surface area contributed by atoms with E-state index in [0.717, 1.165) is 23.4 Å². The van der Waals surface area contributed by atoms with Crippen molar-refractivity contribution in [2.45, 2.75) is 83.9 Å². The predicted molar refractivity (Wildman–Crippen MR) is 166 cm³/mol. The predicted octanol–water partition coefficient (Wildman–Crippen LogP) is 6.14. The first-order valence-electron chi connectivity index (χ1n) is 15.3. The molecule has 1 amide bonds. The fraction of sp³-hybridized carbons (Fsp3) is 0.588. The Morgan fingerprint density at radius 3 is 2.36 bits per heavy atom. The normalized spacial score (nSPS) is 25.2. The van der Waals surface area contributed by atoms with E-state index in [2.05, 4.69) is 5.32 Å². The summed E-state index contributed by atoms with van der Waals surface area (Å²) >= 11 is 0. The molecule has 4 rings (SSSR count). The number of hydrogen-bond donors (Lipinski definition) is 2. The number of methoxy groups -OCH3 is 1. The number of hydrogen-bond acceptors (Lipinski definition) is 6. The number of benzene rings is 2. The van der Waals surface area contributed by atoms with Crippen LogP contribution in [0, 0.1) is 17.3 Å². The van der Waals surface area contributed by atoms with Crippen molar-refractivity contribution in [2.75, 3.05) is 32.7 Å². The van der Waals surface area contributed by atoms with Crippen molar-refractivity contribution in [1.82, 2.24) is 10.2 Å². The molecular formula is C34H46F3N3O5. The van der Waals surface area contributed by atoms with Crippen LogP contribution in [0.25, 0.3) is 0 Å². The van der Waals surface area contributed by atoms with E-state index in [0.29, 0.717) is 19.4 Å². The Kier molecular flexibility index (Phi) is 9.85. The molecule has 8 nitrogen and oxygen atoms in total. The summed E-state index contributed by atoms with van der Waals surface area (Å²) in [5.41, 5.74) is -0.120. The van der Waals surface area contributed by atoms with Crippen LogP contribution < -0.4 is 15.0 Å². The third-order valence-corrected chi connectivity index (χ3v) is 9.09. The van der Waals surface area contributed by atoms with Crippen molar-refractivity contribution < 1.29 is 37.3 Å². The van der Waals surface area contributed by atoms with E-state index in [9.17, 15) is 27.9 Å². The number of nitrogens with one attached hydrogen (secondary N) is 1. The first kappa shape index (κ1) is 34.6. The molecule has 45 heavy (non-hydrogen) atoms. The van der Waals surface area contributed by atoms with Gasteiger partial charge in [-0.25, -0.2) is 4.79 Å². The molecule has 2 N–H and O–H groups in total. The number of carboxylic acids is 1. The number of anilines is 1. The molecule has 2 heterocycles. The van der Waals surface area contributed by atoms with Gasteiger partial charge < -0.3 is 29.7 Å². The van der Waals surface area contributed by atoms with Gasteiger partial charge in [0, 0.05) is 56.4 Å². The molecular weight excluding hydrogens is 587 g/mol.